The molecule has 3 N–H and O–H groups in total. The molecule has 0 spiro atoms. The van der Waals surface area contributed by atoms with Gasteiger partial charge in [0.15, 0.2) is 0 Å². The van der Waals surface area contributed by atoms with Crippen LogP contribution < -0.4 is 10.5 Å². The Morgan fingerprint density at radius 2 is 2.11 bits per heavy atom. The summed E-state index contributed by atoms with van der Waals surface area (Å²) in [5.74, 6) is -0.0374. The molecule has 5 nitrogen and oxygen atoms in total. The largest absolute Gasteiger partial charge is 0.399 e. The van der Waals surface area contributed by atoms with Crippen molar-refractivity contribution in [3.63, 3.8) is 0 Å². The van der Waals surface area contributed by atoms with Crippen LogP contribution in [0.25, 0.3) is 0 Å². The first kappa shape index (κ1) is 14.3. The molecule has 1 heterocycles. The molecular formula is C13H20N2O3S. The maximum absolute atomic E-state index is 12.1. The highest BCUT2D eigenvalue weighted by Gasteiger charge is 2.26. The fourth-order valence-electron chi connectivity index (χ4n) is 2.23. The number of nitrogen functional groups attached to an aromatic ring is 1. The summed E-state index contributed by atoms with van der Waals surface area (Å²) in [6, 6.07) is 6.67. The standard InChI is InChI=1S/C13H20N2O3S/c1-10(13-3-2-8-18-13)15-19(16,17)9-11-4-6-12(14)7-5-11/h4-7,10,13,15H,2-3,8-9,14H2,1H3. The van der Waals surface area contributed by atoms with Crippen LogP contribution in [0, 0.1) is 0 Å². The zero-order chi connectivity index (χ0) is 13.9. The van der Waals surface area contributed by atoms with Gasteiger partial charge >= 0.3 is 0 Å². The molecule has 1 saturated heterocycles. The Balaban J connectivity index is 1.96. The van der Waals surface area contributed by atoms with Gasteiger partial charge in [0.1, 0.15) is 0 Å². The first-order valence-corrected chi connectivity index (χ1v) is 8.07. The summed E-state index contributed by atoms with van der Waals surface area (Å²) in [5, 5.41) is 0. The van der Waals surface area contributed by atoms with Crippen molar-refractivity contribution in [2.75, 3.05) is 12.3 Å². The van der Waals surface area contributed by atoms with Gasteiger partial charge in [-0.25, -0.2) is 13.1 Å². The molecular weight excluding hydrogens is 264 g/mol. The summed E-state index contributed by atoms with van der Waals surface area (Å²) < 4.78 is 32.3. The predicted molar refractivity (Wildman–Crippen MR) is 75.0 cm³/mol. The van der Waals surface area contributed by atoms with Crippen molar-refractivity contribution >= 4 is 15.7 Å². The first-order chi connectivity index (χ1) is 8.96. The lowest BCUT2D eigenvalue weighted by Crippen LogP contribution is -2.41. The molecule has 1 aliphatic heterocycles. The highest BCUT2D eigenvalue weighted by Crippen LogP contribution is 2.17. The molecule has 1 aromatic carbocycles. The van der Waals surface area contributed by atoms with Gasteiger partial charge < -0.3 is 10.5 Å². The number of rotatable bonds is 5. The molecule has 2 unspecified atom stereocenters. The summed E-state index contributed by atoms with van der Waals surface area (Å²) in [7, 11) is -3.35. The third kappa shape index (κ3) is 4.19. The average Bonchev–Trinajstić information content (AvgIpc) is 2.85. The lowest BCUT2D eigenvalue weighted by atomic mass is 10.1. The first-order valence-electron chi connectivity index (χ1n) is 6.42. The highest BCUT2D eigenvalue weighted by atomic mass is 32.2. The molecule has 19 heavy (non-hydrogen) atoms. The number of hydrogen-bond donors (Lipinski definition) is 2. The Labute approximate surface area is 114 Å². The van der Waals surface area contributed by atoms with Crippen LogP contribution in [0.2, 0.25) is 0 Å². The minimum atomic E-state index is -3.35. The van der Waals surface area contributed by atoms with Crippen LogP contribution in [0.5, 0.6) is 0 Å². The van der Waals surface area contributed by atoms with Gasteiger partial charge in [0.2, 0.25) is 10.0 Å². The van der Waals surface area contributed by atoms with E-state index < -0.39 is 10.0 Å². The van der Waals surface area contributed by atoms with Crippen molar-refractivity contribution in [3.8, 4) is 0 Å². The Morgan fingerprint density at radius 3 is 2.68 bits per heavy atom. The number of nitrogens with two attached hydrogens (primary N) is 1. The molecule has 0 aromatic heterocycles. The second-order valence-electron chi connectivity index (χ2n) is 4.96. The van der Waals surface area contributed by atoms with E-state index in [0.717, 1.165) is 18.4 Å². The normalized spacial score (nSPS) is 21.4. The van der Waals surface area contributed by atoms with E-state index in [9.17, 15) is 8.42 Å². The van der Waals surface area contributed by atoms with Gasteiger partial charge in [-0.05, 0) is 37.5 Å². The molecule has 6 heteroatoms. The van der Waals surface area contributed by atoms with Gasteiger partial charge in [-0.1, -0.05) is 12.1 Å². The summed E-state index contributed by atoms with van der Waals surface area (Å²) in [5.41, 5.74) is 6.92. The van der Waals surface area contributed by atoms with Gasteiger partial charge in [-0.2, -0.15) is 0 Å². The molecule has 2 rings (SSSR count). The molecule has 0 bridgehead atoms. The molecule has 0 aliphatic carbocycles. The van der Waals surface area contributed by atoms with Crippen LogP contribution >= 0.6 is 0 Å². The van der Waals surface area contributed by atoms with E-state index in [4.69, 9.17) is 10.5 Å². The van der Waals surface area contributed by atoms with Crippen LogP contribution in [-0.4, -0.2) is 27.2 Å². The SMILES string of the molecule is CC(NS(=O)(=O)Cc1ccc(N)cc1)C1CCCO1. The zero-order valence-corrected chi connectivity index (χ0v) is 11.8. The topological polar surface area (TPSA) is 81.4 Å². The summed E-state index contributed by atoms with van der Waals surface area (Å²) >= 11 is 0. The number of sulfonamides is 1. The molecule has 0 radical (unpaired) electrons. The molecule has 1 fully saturated rings. The number of nitrogens with one attached hydrogen (secondary N) is 1. The van der Waals surface area contributed by atoms with Gasteiger partial charge in [-0.15, -0.1) is 0 Å². The van der Waals surface area contributed by atoms with Gasteiger partial charge in [-0.3, -0.25) is 0 Å². The maximum atomic E-state index is 12.1. The van der Waals surface area contributed by atoms with Crippen molar-refractivity contribution in [2.45, 2.75) is 37.7 Å². The Kier molecular flexibility index (Phi) is 4.44. The van der Waals surface area contributed by atoms with E-state index in [1.807, 2.05) is 6.92 Å². The summed E-state index contributed by atoms with van der Waals surface area (Å²) in [6.45, 7) is 2.56. The van der Waals surface area contributed by atoms with E-state index in [0.29, 0.717) is 12.3 Å². The second kappa shape index (κ2) is 5.90. The van der Waals surface area contributed by atoms with Crippen molar-refractivity contribution in [1.82, 2.24) is 4.72 Å². The molecule has 0 saturated carbocycles. The Bertz CT molecular complexity index is 507. The third-order valence-corrected chi connectivity index (χ3v) is 4.67. The number of ether oxygens (including phenoxy) is 1. The van der Waals surface area contributed by atoms with Crippen molar-refractivity contribution in [1.29, 1.82) is 0 Å². The second-order valence-corrected chi connectivity index (χ2v) is 6.71. The fourth-order valence-corrected chi connectivity index (χ4v) is 3.66. The van der Waals surface area contributed by atoms with Crippen molar-refractivity contribution < 1.29 is 13.2 Å². The van der Waals surface area contributed by atoms with Crippen LogP contribution in [0.15, 0.2) is 24.3 Å². The molecule has 106 valence electrons. The van der Waals surface area contributed by atoms with Gasteiger partial charge in [0, 0.05) is 18.3 Å². The Hall–Kier alpha value is -1.11. The minimum Gasteiger partial charge on any atom is -0.399 e. The van der Waals surface area contributed by atoms with Crippen LogP contribution in [0.3, 0.4) is 0 Å². The minimum absolute atomic E-state index is 0.0128. The van der Waals surface area contributed by atoms with Crippen LogP contribution in [0.4, 0.5) is 5.69 Å². The summed E-state index contributed by atoms with van der Waals surface area (Å²) in [4.78, 5) is 0. The monoisotopic (exact) mass is 284 g/mol. The average molecular weight is 284 g/mol. The van der Waals surface area contributed by atoms with E-state index in [-0.39, 0.29) is 17.9 Å². The quantitative estimate of drug-likeness (QED) is 0.797. The molecule has 2 atom stereocenters. The molecule has 1 aliphatic rings. The summed E-state index contributed by atoms with van der Waals surface area (Å²) in [6.07, 6.45) is 1.89. The Morgan fingerprint density at radius 1 is 1.42 bits per heavy atom. The van der Waals surface area contributed by atoms with Crippen LogP contribution in [-0.2, 0) is 20.5 Å². The lowest BCUT2D eigenvalue weighted by Gasteiger charge is -2.19. The maximum Gasteiger partial charge on any atom is 0.216 e. The number of benzene rings is 1. The molecule has 1 aromatic rings. The van der Waals surface area contributed by atoms with Gasteiger partial charge in [0.25, 0.3) is 0 Å². The number of anilines is 1. The smallest absolute Gasteiger partial charge is 0.216 e. The van der Waals surface area contributed by atoms with E-state index >= 15 is 0 Å². The van der Waals surface area contributed by atoms with Crippen LogP contribution in [0.1, 0.15) is 25.3 Å². The fraction of sp³-hybridized carbons (Fsp3) is 0.538. The van der Waals surface area contributed by atoms with Crippen molar-refractivity contribution in [3.05, 3.63) is 29.8 Å². The highest BCUT2D eigenvalue weighted by molar-refractivity contribution is 7.88. The third-order valence-electron chi connectivity index (χ3n) is 3.22. The lowest BCUT2D eigenvalue weighted by molar-refractivity contribution is 0.0902. The molecule has 0 amide bonds. The van der Waals surface area contributed by atoms with E-state index in [2.05, 4.69) is 4.72 Å². The predicted octanol–water partition coefficient (Wildman–Crippen LogP) is 1.26. The van der Waals surface area contributed by atoms with E-state index in [1.54, 1.807) is 24.3 Å². The number of hydrogen-bond acceptors (Lipinski definition) is 4. The van der Waals surface area contributed by atoms with Gasteiger partial charge in [0.05, 0.1) is 11.9 Å². The van der Waals surface area contributed by atoms with E-state index in [1.165, 1.54) is 0 Å². The van der Waals surface area contributed by atoms with Crippen molar-refractivity contribution in [2.24, 2.45) is 0 Å². The zero-order valence-electron chi connectivity index (χ0n) is 11.0.